The van der Waals surface area contributed by atoms with Crippen molar-refractivity contribution in [1.82, 2.24) is 4.98 Å². The number of anilines is 1. The molecule has 3 rings (SSSR count). The second-order valence-electron chi connectivity index (χ2n) is 4.43. The first-order valence-corrected chi connectivity index (χ1v) is 6.05. The number of aromatic amines is 1. The van der Waals surface area contributed by atoms with E-state index in [1.165, 1.54) is 0 Å². The Kier molecular flexibility index (Phi) is 2.55. The number of aromatic hydroxyl groups is 1. The maximum absolute atomic E-state index is 12.1. The number of hydrogen-bond donors (Lipinski definition) is 3. The van der Waals surface area contributed by atoms with E-state index >= 15 is 0 Å². The predicted molar refractivity (Wildman–Crippen MR) is 71.0 cm³/mol. The van der Waals surface area contributed by atoms with Gasteiger partial charge in [0, 0.05) is 12.1 Å². The van der Waals surface area contributed by atoms with Gasteiger partial charge >= 0.3 is 0 Å². The quantitative estimate of drug-likeness (QED) is 0.717. The van der Waals surface area contributed by atoms with Crippen molar-refractivity contribution in [2.24, 2.45) is 0 Å². The van der Waals surface area contributed by atoms with E-state index in [1.54, 1.807) is 0 Å². The van der Waals surface area contributed by atoms with Crippen LogP contribution in [0.3, 0.4) is 0 Å². The van der Waals surface area contributed by atoms with Crippen molar-refractivity contribution in [3.63, 3.8) is 0 Å². The highest BCUT2D eigenvalue weighted by Crippen LogP contribution is 2.34. The molecule has 0 fully saturated rings. The minimum absolute atomic E-state index is 0.104. The normalized spacial score (nSPS) is 13.8. The summed E-state index contributed by atoms with van der Waals surface area (Å²) in [5, 5.41) is 13.4. The molecular formula is C14H14N2O2. The van der Waals surface area contributed by atoms with Crippen molar-refractivity contribution in [1.29, 1.82) is 0 Å². The van der Waals surface area contributed by atoms with Crippen LogP contribution in [0.15, 0.2) is 35.1 Å². The van der Waals surface area contributed by atoms with E-state index in [2.05, 4.69) is 10.3 Å². The summed E-state index contributed by atoms with van der Waals surface area (Å²) in [4.78, 5) is 14.9. The van der Waals surface area contributed by atoms with E-state index in [4.69, 9.17) is 0 Å². The van der Waals surface area contributed by atoms with Crippen LogP contribution in [0, 0.1) is 0 Å². The summed E-state index contributed by atoms with van der Waals surface area (Å²) in [6, 6.07) is 9.24. The maximum Gasteiger partial charge on any atom is 0.261 e. The fourth-order valence-corrected chi connectivity index (χ4v) is 2.37. The Morgan fingerprint density at radius 3 is 2.72 bits per heavy atom. The van der Waals surface area contributed by atoms with E-state index in [1.807, 2.05) is 30.3 Å². The Hall–Kier alpha value is -2.23. The van der Waals surface area contributed by atoms with Crippen molar-refractivity contribution in [3.8, 4) is 16.9 Å². The van der Waals surface area contributed by atoms with Gasteiger partial charge in [-0.25, -0.2) is 0 Å². The molecule has 0 amide bonds. The number of benzene rings is 1. The van der Waals surface area contributed by atoms with Crippen LogP contribution in [0.2, 0.25) is 0 Å². The van der Waals surface area contributed by atoms with E-state index in [0.29, 0.717) is 11.4 Å². The van der Waals surface area contributed by atoms with Crippen molar-refractivity contribution >= 4 is 5.82 Å². The standard InChI is InChI=1S/C14H14N2O2/c17-12-10-7-4-8-15-13(10)16-14(18)11(12)9-5-2-1-3-6-9/h1-3,5-6H,4,7-8H2,(H3,15,16,17,18). The first kappa shape index (κ1) is 10.9. The van der Waals surface area contributed by atoms with Crippen LogP contribution in [0.25, 0.3) is 11.1 Å². The van der Waals surface area contributed by atoms with Gasteiger partial charge in [-0.1, -0.05) is 30.3 Å². The van der Waals surface area contributed by atoms with Crippen LogP contribution in [0.4, 0.5) is 5.82 Å². The average molecular weight is 242 g/mol. The van der Waals surface area contributed by atoms with Gasteiger partial charge in [-0.3, -0.25) is 4.79 Å². The predicted octanol–water partition coefficient (Wildman–Crippen LogP) is 2.11. The fraction of sp³-hybridized carbons (Fsp3) is 0.214. The lowest BCUT2D eigenvalue weighted by Crippen LogP contribution is -2.20. The zero-order valence-corrected chi connectivity index (χ0v) is 9.86. The van der Waals surface area contributed by atoms with Gasteiger partial charge in [-0.05, 0) is 18.4 Å². The molecule has 0 spiro atoms. The lowest BCUT2D eigenvalue weighted by molar-refractivity contribution is 0.467. The van der Waals surface area contributed by atoms with Gasteiger partial charge in [0.15, 0.2) is 0 Å². The number of H-pyrrole nitrogens is 1. The molecule has 0 bridgehead atoms. The summed E-state index contributed by atoms with van der Waals surface area (Å²) in [7, 11) is 0. The lowest BCUT2D eigenvalue weighted by Gasteiger charge is -2.19. The highest BCUT2D eigenvalue weighted by molar-refractivity contribution is 5.74. The molecule has 18 heavy (non-hydrogen) atoms. The number of nitrogens with one attached hydrogen (secondary N) is 2. The van der Waals surface area contributed by atoms with Crippen molar-refractivity contribution in [2.45, 2.75) is 12.8 Å². The zero-order chi connectivity index (χ0) is 12.5. The molecule has 1 aromatic heterocycles. The van der Waals surface area contributed by atoms with Crippen molar-refractivity contribution in [3.05, 3.63) is 46.2 Å². The van der Waals surface area contributed by atoms with Gasteiger partial charge in [-0.2, -0.15) is 0 Å². The molecule has 0 radical (unpaired) electrons. The molecule has 4 heteroatoms. The highest BCUT2D eigenvalue weighted by Gasteiger charge is 2.20. The maximum atomic E-state index is 12.1. The van der Waals surface area contributed by atoms with E-state index in [9.17, 15) is 9.90 Å². The van der Waals surface area contributed by atoms with Crippen molar-refractivity contribution in [2.75, 3.05) is 11.9 Å². The van der Waals surface area contributed by atoms with Crippen LogP contribution in [-0.4, -0.2) is 16.6 Å². The number of fused-ring (bicyclic) bond motifs is 1. The van der Waals surface area contributed by atoms with Crippen LogP contribution >= 0.6 is 0 Å². The van der Waals surface area contributed by atoms with E-state index in [-0.39, 0.29) is 11.3 Å². The Morgan fingerprint density at radius 2 is 1.94 bits per heavy atom. The van der Waals surface area contributed by atoms with Crippen LogP contribution in [-0.2, 0) is 6.42 Å². The summed E-state index contributed by atoms with van der Waals surface area (Å²) in [6.07, 6.45) is 1.74. The molecule has 1 aliphatic heterocycles. The van der Waals surface area contributed by atoms with Crippen LogP contribution in [0.5, 0.6) is 5.75 Å². The van der Waals surface area contributed by atoms with Gasteiger partial charge in [0.25, 0.3) is 5.56 Å². The van der Waals surface area contributed by atoms with Crippen LogP contribution < -0.4 is 10.9 Å². The molecule has 0 atom stereocenters. The Bertz CT molecular complexity index is 632. The third-order valence-electron chi connectivity index (χ3n) is 3.26. The Labute approximate surface area is 104 Å². The molecular weight excluding hydrogens is 228 g/mol. The second-order valence-corrected chi connectivity index (χ2v) is 4.43. The molecule has 3 N–H and O–H groups in total. The summed E-state index contributed by atoms with van der Waals surface area (Å²) in [6.45, 7) is 0.826. The summed E-state index contributed by atoms with van der Waals surface area (Å²) < 4.78 is 0. The molecule has 0 aliphatic carbocycles. The Balaban J connectivity index is 2.25. The monoisotopic (exact) mass is 242 g/mol. The van der Waals surface area contributed by atoms with Gasteiger partial charge in [0.2, 0.25) is 0 Å². The van der Waals surface area contributed by atoms with E-state index in [0.717, 1.165) is 30.5 Å². The second kappa shape index (κ2) is 4.22. The molecule has 0 unspecified atom stereocenters. The third-order valence-corrected chi connectivity index (χ3v) is 3.26. The van der Waals surface area contributed by atoms with E-state index < -0.39 is 0 Å². The average Bonchev–Trinajstić information content (AvgIpc) is 2.40. The molecule has 2 aromatic rings. The smallest absolute Gasteiger partial charge is 0.261 e. The highest BCUT2D eigenvalue weighted by atomic mass is 16.3. The zero-order valence-electron chi connectivity index (χ0n) is 9.86. The van der Waals surface area contributed by atoms with Gasteiger partial charge in [0.1, 0.15) is 11.6 Å². The lowest BCUT2D eigenvalue weighted by atomic mass is 9.99. The molecule has 0 saturated heterocycles. The number of aromatic nitrogens is 1. The number of rotatable bonds is 1. The van der Waals surface area contributed by atoms with Crippen LogP contribution in [0.1, 0.15) is 12.0 Å². The summed E-state index contributed by atoms with van der Waals surface area (Å²) in [5.41, 5.74) is 1.65. The molecule has 1 aliphatic rings. The molecule has 0 saturated carbocycles. The Morgan fingerprint density at radius 1 is 1.17 bits per heavy atom. The summed E-state index contributed by atoms with van der Waals surface area (Å²) in [5.74, 6) is 0.760. The first-order valence-electron chi connectivity index (χ1n) is 6.05. The molecule has 1 aromatic carbocycles. The van der Waals surface area contributed by atoms with Gasteiger partial charge in [0.05, 0.1) is 5.56 Å². The fourth-order valence-electron chi connectivity index (χ4n) is 2.37. The SMILES string of the molecule is O=c1[nH]c2c(c(O)c1-c1ccccc1)CCCN2. The van der Waals surface area contributed by atoms with Gasteiger partial charge < -0.3 is 15.4 Å². The minimum Gasteiger partial charge on any atom is -0.507 e. The first-order chi connectivity index (χ1) is 8.77. The largest absolute Gasteiger partial charge is 0.507 e. The molecule has 4 nitrogen and oxygen atoms in total. The number of hydrogen-bond acceptors (Lipinski definition) is 3. The molecule has 2 heterocycles. The third kappa shape index (κ3) is 1.66. The minimum atomic E-state index is -0.258. The number of pyridine rings is 1. The summed E-state index contributed by atoms with van der Waals surface area (Å²) >= 11 is 0. The topological polar surface area (TPSA) is 65.1 Å². The van der Waals surface area contributed by atoms with Gasteiger partial charge in [-0.15, -0.1) is 0 Å². The molecule has 92 valence electrons. The van der Waals surface area contributed by atoms with Crippen molar-refractivity contribution < 1.29 is 5.11 Å².